The van der Waals surface area contributed by atoms with E-state index in [0.717, 1.165) is 11.8 Å². The molecule has 3 rings (SSSR count). The smallest absolute Gasteiger partial charge is 0.355 e. The monoisotopic (exact) mass is 509 g/mol. The standard InChI is InChI=1S/C23H27NO10S/c1-13(25)32-11-16-12-35(29,30)20-18(31-5)19(26)24(20)17(16)22(28)33-10-14-6-8-15(9-7-14)21(27)34-23(2,3)4/h6-9,18,20H,10-12H2,1-5H3/t18-,20+/m0/s1. The number of hydrogen-bond acceptors (Lipinski definition) is 10. The van der Waals surface area contributed by atoms with Gasteiger partial charge in [0.1, 0.15) is 24.5 Å². The number of sulfone groups is 1. The zero-order valence-corrected chi connectivity index (χ0v) is 20.8. The fraction of sp³-hybridized carbons (Fsp3) is 0.478. The van der Waals surface area contributed by atoms with Crippen molar-refractivity contribution in [3.05, 3.63) is 46.7 Å². The van der Waals surface area contributed by atoms with Gasteiger partial charge in [0, 0.05) is 19.6 Å². The lowest BCUT2D eigenvalue weighted by Crippen LogP contribution is -2.70. The van der Waals surface area contributed by atoms with Gasteiger partial charge in [0.15, 0.2) is 21.3 Å². The van der Waals surface area contributed by atoms with E-state index in [0.29, 0.717) is 11.1 Å². The minimum Gasteiger partial charge on any atom is -0.461 e. The number of hydrogen-bond donors (Lipinski definition) is 0. The first-order chi connectivity index (χ1) is 16.2. The summed E-state index contributed by atoms with van der Waals surface area (Å²) in [4.78, 5) is 49.7. The SMILES string of the molecule is CO[C@H]1C(=O)N2C(C(=O)OCc3ccc(C(=O)OC(C)(C)C)cc3)=C(COC(C)=O)CS(=O)(=O)[C@H]12. The summed E-state index contributed by atoms with van der Waals surface area (Å²) in [5.41, 5.74) is -0.139. The molecule has 11 nitrogen and oxygen atoms in total. The largest absolute Gasteiger partial charge is 0.461 e. The van der Waals surface area contributed by atoms with Crippen LogP contribution in [0.4, 0.5) is 0 Å². The normalized spacial score (nSPS) is 21.1. The maximum Gasteiger partial charge on any atom is 0.355 e. The van der Waals surface area contributed by atoms with Crippen LogP contribution in [0.3, 0.4) is 0 Å². The molecule has 2 aliphatic heterocycles. The number of ether oxygens (including phenoxy) is 4. The van der Waals surface area contributed by atoms with Gasteiger partial charge in [-0.3, -0.25) is 14.5 Å². The fourth-order valence-electron chi connectivity index (χ4n) is 3.64. The van der Waals surface area contributed by atoms with Crippen LogP contribution in [0.5, 0.6) is 0 Å². The number of amides is 1. The van der Waals surface area contributed by atoms with Gasteiger partial charge in [-0.25, -0.2) is 18.0 Å². The molecule has 12 heteroatoms. The lowest BCUT2D eigenvalue weighted by Gasteiger charge is -2.48. The van der Waals surface area contributed by atoms with Gasteiger partial charge in [0.25, 0.3) is 5.91 Å². The molecule has 1 aromatic rings. The Kier molecular flexibility index (Phi) is 7.37. The first-order valence-corrected chi connectivity index (χ1v) is 12.4. The van der Waals surface area contributed by atoms with E-state index in [1.165, 1.54) is 19.2 Å². The highest BCUT2D eigenvalue weighted by molar-refractivity contribution is 7.92. The molecule has 35 heavy (non-hydrogen) atoms. The van der Waals surface area contributed by atoms with E-state index in [1.54, 1.807) is 32.9 Å². The molecule has 0 aliphatic carbocycles. The lowest BCUT2D eigenvalue weighted by atomic mass is 10.1. The van der Waals surface area contributed by atoms with Crippen LogP contribution in [0.15, 0.2) is 35.5 Å². The van der Waals surface area contributed by atoms with Gasteiger partial charge in [-0.1, -0.05) is 12.1 Å². The summed E-state index contributed by atoms with van der Waals surface area (Å²) >= 11 is 0. The number of β-lactam (4-membered cyclic amide) rings is 1. The van der Waals surface area contributed by atoms with E-state index in [2.05, 4.69) is 0 Å². The molecule has 0 saturated carbocycles. The zero-order valence-electron chi connectivity index (χ0n) is 20.0. The molecule has 0 aromatic heterocycles. The lowest BCUT2D eigenvalue weighted by molar-refractivity contribution is -0.164. The van der Waals surface area contributed by atoms with Crippen molar-refractivity contribution < 1.29 is 46.5 Å². The van der Waals surface area contributed by atoms with Crippen molar-refractivity contribution in [2.24, 2.45) is 0 Å². The van der Waals surface area contributed by atoms with Crippen LogP contribution in [0.1, 0.15) is 43.6 Å². The average Bonchev–Trinajstić information content (AvgIpc) is 2.75. The molecule has 0 bridgehead atoms. The summed E-state index contributed by atoms with van der Waals surface area (Å²) in [5, 5.41) is -1.36. The Labute approximate surface area is 202 Å². The summed E-state index contributed by atoms with van der Waals surface area (Å²) in [6.45, 7) is 5.68. The Morgan fingerprint density at radius 2 is 1.66 bits per heavy atom. The summed E-state index contributed by atoms with van der Waals surface area (Å²) in [7, 11) is -2.69. The van der Waals surface area contributed by atoms with Crippen LogP contribution in [0.2, 0.25) is 0 Å². The molecule has 1 aromatic carbocycles. The highest BCUT2D eigenvalue weighted by atomic mass is 32.2. The number of esters is 3. The third-order valence-electron chi connectivity index (χ3n) is 5.17. The predicted octanol–water partition coefficient (Wildman–Crippen LogP) is 1.11. The van der Waals surface area contributed by atoms with Crippen LogP contribution in [-0.2, 0) is 49.8 Å². The molecular weight excluding hydrogens is 482 g/mol. The molecule has 2 aliphatic rings. The minimum absolute atomic E-state index is 0.0652. The molecule has 190 valence electrons. The second-order valence-corrected chi connectivity index (χ2v) is 11.2. The van der Waals surface area contributed by atoms with Gasteiger partial charge >= 0.3 is 17.9 Å². The highest BCUT2D eigenvalue weighted by Gasteiger charge is 2.60. The Morgan fingerprint density at radius 3 is 2.20 bits per heavy atom. The van der Waals surface area contributed by atoms with Gasteiger partial charge in [0.2, 0.25) is 0 Å². The number of nitrogens with zero attached hydrogens (tertiary/aromatic N) is 1. The molecule has 2 heterocycles. The number of methoxy groups -OCH3 is 1. The van der Waals surface area contributed by atoms with E-state index in [9.17, 15) is 27.6 Å². The van der Waals surface area contributed by atoms with E-state index in [1.807, 2.05) is 0 Å². The van der Waals surface area contributed by atoms with Gasteiger partial charge in [-0.2, -0.15) is 0 Å². The molecule has 1 saturated heterocycles. The first kappa shape index (κ1) is 26.4. The van der Waals surface area contributed by atoms with Crippen LogP contribution in [-0.4, -0.2) is 73.7 Å². The van der Waals surface area contributed by atoms with Crippen LogP contribution in [0.25, 0.3) is 0 Å². The molecule has 0 radical (unpaired) electrons. The first-order valence-electron chi connectivity index (χ1n) is 10.7. The van der Waals surface area contributed by atoms with E-state index >= 15 is 0 Å². The summed E-state index contributed by atoms with van der Waals surface area (Å²) < 4.78 is 45.9. The van der Waals surface area contributed by atoms with Crippen LogP contribution in [0, 0.1) is 0 Å². The maximum absolute atomic E-state index is 13.0. The van der Waals surface area contributed by atoms with Gasteiger partial charge in [0.05, 0.1) is 11.3 Å². The zero-order chi connectivity index (χ0) is 26.1. The third kappa shape index (κ3) is 5.70. The number of carbonyl (C=O) groups is 4. The highest BCUT2D eigenvalue weighted by Crippen LogP contribution is 2.38. The fourth-order valence-corrected chi connectivity index (χ4v) is 5.65. The summed E-state index contributed by atoms with van der Waals surface area (Å²) in [6.07, 6.45) is -1.24. The summed E-state index contributed by atoms with van der Waals surface area (Å²) in [5.74, 6) is -3.44. The predicted molar refractivity (Wildman–Crippen MR) is 120 cm³/mol. The van der Waals surface area contributed by atoms with Crippen LogP contribution < -0.4 is 0 Å². The quantitative estimate of drug-likeness (QED) is 0.298. The number of benzene rings is 1. The summed E-state index contributed by atoms with van der Waals surface area (Å²) in [6, 6.07) is 6.19. The molecule has 1 amide bonds. The molecule has 0 unspecified atom stereocenters. The van der Waals surface area contributed by atoms with Crippen LogP contribution >= 0.6 is 0 Å². The number of rotatable bonds is 7. The molecule has 0 N–H and O–H groups in total. The average molecular weight is 510 g/mol. The Hall–Kier alpha value is -3.25. The second-order valence-electron chi connectivity index (χ2n) is 9.07. The minimum atomic E-state index is -3.90. The van der Waals surface area contributed by atoms with Gasteiger partial charge in [-0.05, 0) is 38.5 Å². The van der Waals surface area contributed by atoms with Crippen molar-refractivity contribution in [1.82, 2.24) is 4.90 Å². The van der Waals surface area contributed by atoms with E-state index in [-0.39, 0.29) is 17.9 Å². The van der Waals surface area contributed by atoms with Gasteiger partial charge < -0.3 is 18.9 Å². The second kappa shape index (κ2) is 9.78. The Balaban J connectivity index is 1.79. The Morgan fingerprint density at radius 1 is 1.03 bits per heavy atom. The van der Waals surface area contributed by atoms with Crippen molar-refractivity contribution in [3.8, 4) is 0 Å². The molecule has 1 fully saturated rings. The third-order valence-corrected chi connectivity index (χ3v) is 7.11. The topological polar surface area (TPSA) is 143 Å². The number of fused-ring (bicyclic) bond motifs is 1. The van der Waals surface area contributed by atoms with E-state index < -0.39 is 63.1 Å². The van der Waals surface area contributed by atoms with Crippen molar-refractivity contribution in [2.45, 2.75) is 51.4 Å². The van der Waals surface area contributed by atoms with Crippen molar-refractivity contribution in [2.75, 3.05) is 19.5 Å². The van der Waals surface area contributed by atoms with Crippen molar-refractivity contribution in [1.29, 1.82) is 0 Å². The van der Waals surface area contributed by atoms with Crippen molar-refractivity contribution in [3.63, 3.8) is 0 Å². The number of carbonyl (C=O) groups excluding carboxylic acids is 4. The Bertz CT molecular complexity index is 1180. The molecule has 2 atom stereocenters. The molecule has 0 spiro atoms. The van der Waals surface area contributed by atoms with Gasteiger partial charge in [-0.15, -0.1) is 0 Å². The maximum atomic E-state index is 13.0. The molecular formula is C23H27NO10S. The van der Waals surface area contributed by atoms with E-state index in [4.69, 9.17) is 18.9 Å². The van der Waals surface area contributed by atoms with Crippen molar-refractivity contribution >= 4 is 33.7 Å².